The molecule has 4 rings (SSSR count). The lowest BCUT2D eigenvalue weighted by Gasteiger charge is -2.10. The molecule has 3 aromatic rings. The first kappa shape index (κ1) is 14.2. The van der Waals surface area contributed by atoms with Crippen LogP contribution < -0.4 is 5.73 Å². The average molecular weight is 315 g/mol. The fourth-order valence-corrected chi connectivity index (χ4v) is 2.86. The van der Waals surface area contributed by atoms with Crippen LogP contribution in [0.5, 0.6) is 0 Å². The second-order valence-electron chi connectivity index (χ2n) is 5.71. The molecule has 1 saturated carbocycles. The molecule has 23 heavy (non-hydrogen) atoms. The summed E-state index contributed by atoms with van der Waals surface area (Å²) in [7, 11) is 0. The molecule has 7 heteroatoms. The van der Waals surface area contributed by atoms with Crippen LogP contribution >= 0.6 is 0 Å². The van der Waals surface area contributed by atoms with Crippen molar-refractivity contribution in [2.75, 3.05) is 6.54 Å². The van der Waals surface area contributed by atoms with E-state index in [9.17, 15) is 8.78 Å². The van der Waals surface area contributed by atoms with Crippen LogP contribution in [0.25, 0.3) is 22.4 Å². The Morgan fingerprint density at radius 1 is 1.22 bits per heavy atom. The van der Waals surface area contributed by atoms with Crippen molar-refractivity contribution in [1.29, 1.82) is 0 Å². The third kappa shape index (κ3) is 2.37. The number of fused-ring (bicyclic) bond motifs is 1. The second-order valence-corrected chi connectivity index (χ2v) is 5.71. The summed E-state index contributed by atoms with van der Waals surface area (Å²) in [6.45, 7) is 0.455. The van der Waals surface area contributed by atoms with E-state index in [1.54, 1.807) is 6.20 Å². The molecule has 0 spiro atoms. The molecule has 0 saturated heterocycles. The van der Waals surface area contributed by atoms with E-state index in [4.69, 9.17) is 5.73 Å². The number of hydrogen-bond acceptors (Lipinski definition) is 4. The molecule has 0 atom stereocenters. The third-order valence-corrected chi connectivity index (χ3v) is 4.06. The molecule has 118 valence electrons. The Balaban J connectivity index is 1.98. The molecule has 0 unspecified atom stereocenters. The lowest BCUT2D eigenvalue weighted by molar-refractivity contribution is 0.510. The fourth-order valence-electron chi connectivity index (χ4n) is 2.86. The van der Waals surface area contributed by atoms with Crippen LogP contribution in [0.3, 0.4) is 0 Å². The van der Waals surface area contributed by atoms with Gasteiger partial charge in [-0.1, -0.05) is 0 Å². The van der Waals surface area contributed by atoms with Gasteiger partial charge in [0.05, 0.1) is 22.3 Å². The van der Waals surface area contributed by atoms with Crippen LogP contribution in [0, 0.1) is 11.6 Å². The molecule has 0 bridgehead atoms. The number of nitrogens with zero attached hydrogens (tertiary/aromatic N) is 4. The zero-order valence-electron chi connectivity index (χ0n) is 12.3. The van der Waals surface area contributed by atoms with Crippen molar-refractivity contribution < 1.29 is 8.78 Å². The second kappa shape index (κ2) is 5.34. The smallest absolute Gasteiger partial charge is 0.161 e. The largest absolute Gasteiger partial charge is 0.330 e. The number of hydrogen-bond donors (Lipinski definition) is 1. The van der Waals surface area contributed by atoms with Crippen molar-refractivity contribution >= 4 is 11.0 Å². The third-order valence-electron chi connectivity index (χ3n) is 4.06. The van der Waals surface area contributed by atoms with E-state index in [1.807, 2.05) is 4.57 Å². The minimum Gasteiger partial charge on any atom is -0.330 e. The van der Waals surface area contributed by atoms with E-state index >= 15 is 0 Å². The molecule has 1 fully saturated rings. The lowest BCUT2D eigenvalue weighted by Crippen LogP contribution is -2.08. The summed E-state index contributed by atoms with van der Waals surface area (Å²) in [5.74, 6) is -1.11. The standard InChI is InChI=1S/C16H15F2N5/c17-11-5-14-15(6-12(11)18)23(9-1-2-9)16(22-14)10-7-20-8-21-13(10)3-4-19/h5-9H,1-4,19H2. The maximum absolute atomic E-state index is 13.7. The molecule has 1 aliphatic rings. The molecule has 2 aromatic heterocycles. The summed E-state index contributed by atoms with van der Waals surface area (Å²) in [6, 6.07) is 2.61. The first-order valence-corrected chi connectivity index (χ1v) is 7.55. The SMILES string of the molecule is NCCc1ncncc1-c1nc2cc(F)c(F)cc2n1C1CC1. The maximum atomic E-state index is 13.7. The summed E-state index contributed by atoms with van der Waals surface area (Å²) in [5.41, 5.74) is 8.24. The Kier molecular flexibility index (Phi) is 3.30. The van der Waals surface area contributed by atoms with Gasteiger partial charge < -0.3 is 10.3 Å². The number of rotatable bonds is 4. The topological polar surface area (TPSA) is 69.6 Å². The Morgan fingerprint density at radius 3 is 2.74 bits per heavy atom. The Bertz CT molecular complexity index is 886. The van der Waals surface area contributed by atoms with Gasteiger partial charge in [-0.2, -0.15) is 0 Å². The minimum atomic E-state index is -0.893. The van der Waals surface area contributed by atoms with Crippen molar-refractivity contribution in [3.8, 4) is 11.4 Å². The van der Waals surface area contributed by atoms with Gasteiger partial charge in [-0.05, 0) is 19.4 Å². The van der Waals surface area contributed by atoms with Gasteiger partial charge in [0.1, 0.15) is 12.2 Å². The highest BCUT2D eigenvalue weighted by molar-refractivity contribution is 5.81. The fraction of sp³-hybridized carbons (Fsp3) is 0.312. The Labute approximate surface area is 131 Å². The molecule has 0 aliphatic heterocycles. The van der Waals surface area contributed by atoms with Crippen LogP contribution in [0.1, 0.15) is 24.6 Å². The summed E-state index contributed by atoms with van der Waals surface area (Å²) in [4.78, 5) is 12.9. The van der Waals surface area contributed by atoms with Crippen LogP contribution in [0.4, 0.5) is 8.78 Å². The van der Waals surface area contributed by atoms with Crippen molar-refractivity contribution in [1.82, 2.24) is 19.5 Å². The van der Waals surface area contributed by atoms with E-state index in [0.29, 0.717) is 29.8 Å². The van der Waals surface area contributed by atoms with Gasteiger partial charge in [0.25, 0.3) is 0 Å². The van der Waals surface area contributed by atoms with Crippen molar-refractivity contribution in [3.63, 3.8) is 0 Å². The first-order chi connectivity index (χ1) is 11.2. The van der Waals surface area contributed by atoms with Crippen LogP contribution in [-0.4, -0.2) is 26.1 Å². The van der Waals surface area contributed by atoms with Gasteiger partial charge in [0.2, 0.25) is 0 Å². The van der Waals surface area contributed by atoms with Gasteiger partial charge in [0, 0.05) is 30.8 Å². The molecular formula is C16H15F2N5. The number of nitrogens with two attached hydrogens (primary N) is 1. The normalized spacial score (nSPS) is 14.6. The minimum absolute atomic E-state index is 0.255. The predicted octanol–water partition coefficient (Wildman–Crippen LogP) is 2.61. The number of benzene rings is 1. The van der Waals surface area contributed by atoms with Crippen LogP contribution in [0.15, 0.2) is 24.7 Å². The Morgan fingerprint density at radius 2 is 2.00 bits per heavy atom. The van der Waals surface area contributed by atoms with E-state index in [1.165, 1.54) is 12.4 Å². The van der Waals surface area contributed by atoms with E-state index in [0.717, 1.165) is 30.2 Å². The number of halogens is 2. The van der Waals surface area contributed by atoms with E-state index < -0.39 is 11.6 Å². The highest BCUT2D eigenvalue weighted by atomic mass is 19.2. The average Bonchev–Trinajstić information content (AvgIpc) is 3.31. The first-order valence-electron chi connectivity index (χ1n) is 7.55. The zero-order chi connectivity index (χ0) is 16.0. The summed E-state index contributed by atoms with van der Waals surface area (Å²) in [5, 5.41) is 0. The van der Waals surface area contributed by atoms with Crippen molar-refractivity contribution in [2.24, 2.45) is 5.73 Å². The van der Waals surface area contributed by atoms with Gasteiger partial charge >= 0.3 is 0 Å². The van der Waals surface area contributed by atoms with Crippen LogP contribution in [-0.2, 0) is 6.42 Å². The quantitative estimate of drug-likeness (QED) is 0.803. The molecular weight excluding hydrogens is 300 g/mol. The number of aromatic nitrogens is 4. The molecule has 0 amide bonds. The summed E-state index contributed by atoms with van der Waals surface area (Å²) >= 11 is 0. The molecule has 2 heterocycles. The molecule has 1 aromatic carbocycles. The molecule has 5 nitrogen and oxygen atoms in total. The molecule has 0 radical (unpaired) electrons. The van der Waals surface area contributed by atoms with E-state index in [-0.39, 0.29) is 6.04 Å². The van der Waals surface area contributed by atoms with E-state index in [2.05, 4.69) is 15.0 Å². The van der Waals surface area contributed by atoms with Gasteiger partial charge in [-0.15, -0.1) is 0 Å². The maximum Gasteiger partial charge on any atom is 0.161 e. The monoisotopic (exact) mass is 315 g/mol. The van der Waals surface area contributed by atoms with Gasteiger partial charge in [-0.25, -0.2) is 23.7 Å². The van der Waals surface area contributed by atoms with Crippen LogP contribution in [0.2, 0.25) is 0 Å². The lowest BCUT2D eigenvalue weighted by atomic mass is 10.1. The zero-order valence-corrected chi connectivity index (χ0v) is 12.3. The number of imidazole rings is 1. The summed E-state index contributed by atoms with van der Waals surface area (Å²) < 4.78 is 29.2. The highest BCUT2D eigenvalue weighted by Crippen LogP contribution is 2.41. The van der Waals surface area contributed by atoms with Gasteiger partial charge in [0.15, 0.2) is 11.6 Å². The van der Waals surface area contributed by atoms with Crippen molar-refractivity contribution in [2.45, 2.75) is 25.3 Å². The van der Waals surface area contributed by atoms with Crippen molar-refractivity contribution in [3.05, 3.63) is 42.0 Å². The molecule has 1 aliphatic carbocycles. The Hall–Kier alpha value is -2.41. The highest BCUT2D eigenvalue weighted by Gasteiger charge is 2.30. The summed E-state index contributed by atoms with van der Waals surface area (Å²) in [6.07, 6.45) is 5.74. The predicted molar refractivity (Wildman–Crippen MR) is 81.7 cm³/mol. The van der Waals surface area contributed by atoms with Gasteiger partial charge in [-0.3, -0.25) is 0 Å². The molecule has 2 N–H and O–H groups in total.